The number of hydrogen-bond acceptors (Lipinski definition) is 6. The topological polar surface area (TPSA) is 93.2 Å². The summed E-state index contributed by atoms with van der Waals surface area (Å²) < 4.78 is 30.7. The van der Waals surface area contributed by atoms with Crippen LogP contribution in [0.5, 0.6) is 5.75 Å². The van der Waals surface area contributed by atoms with Crippen LogP contribution in [0, 0.1) is 0 Å². The summed E-state index contributed by atoms with van der Waals surface area (Å²) in [7, 11) is -1.82. The Balaban J connectivity index is 1.73. The number of pyridine rings is 2. The molecule has 2 N–H and O–H groups in total. The highest BCUT2D eigenvalue weighted by Crippen LogP contribution is 2.33. The molecule has 0 atom stereocenters. The minimum atomic E-state index is -3.39. The standard InChI is InChI=1S/C22H19ClN4O3S/c1-30-22-6-4-16(11-19(22)23)26-21-7-8-25-20-5-3-14(10-18(20)21)15-9-17(13-24-12-15)27-31(2,28)29/h3-13,27H,1-2H3,(H,25,26). The van der Waals surface area contributed by atoms with Crippen molar-refractivity contribution in [2.24, 2.45) is 0 Å². The molecule has 0 aliphatic rings. The molecule has 0 bridgehead atoms. The average molecular weight is 455 g/mol. The molecule has 4 aromatic rings. The van der Waals surface area contributed by atoms with Gasteiger partial charge in [0.15, 0.2) is 0 Å². The van der Waals surface area contributed by atoms with Crippen LogP contribution in [-0.4, -0.2) is 31.8 Å². The zero-order valence-corrected chi connectivity index (χ0v) is 18.3. The van der Waals surface area contributed by atoms with Gasteiger partial charge in [-0.05, 0) is 48.0 Å². The maximum absolute atomic E-state index is 11.5. The number of methoxy groups -OCH3 is 1. The van der Waals surface area contributed by atoms with E-state index in [-0.39, 0.29) is 0 Å². The van der Waals surface area contributed by atoms with Gasteiger partial charge in [-0.3, -0.25) is 14.7 Å². The van der Waals surface area contributed by atoms with E-state index >= 15 is 0 Å². The van der Waals surface area contributed by atoms with Gasteiger partial charge in [-0.15, -0.1) is 0 Å². The first kappa shape index (κ1) is 20.9. The van der Waals surface area contributed by atoms with E-state index < -0.39 is 10.0 Å². The Bertz CT molecular complexity index is 1380. The van der Waals surface area contributed by atoms with Crippen molar-refractivity contribution in [2.45, 2.75) is 0 Å². The molecule has 0 spiro atoms. The van der Waals surface area contributed by atoms with E-state index in [4.69, 9.17) is 16.3 Å². The van der Waals surface area contributed by atoms with E-state index in [2.05, 4.69) is 20.0 Å². The van der Waals surface area contributed by atoms with Crippen molar-refractivity contribution >= 4 is 49.6 Å². The third-order valence-corrected chi connectivity index (χ3v) is 5.45. The fraction of sp³-hybridized carbons (Fsp3) is 0.0909. The average Bonchev–Trinajstić information content (AvgIpc) is 2.73. The highest BCUT2D eigenvalue weighted by atomic mass is 35.5. The lowest BCUT2D eigenvalue weighted by Gasteiger charge is -2.12. The van der Waals surface area contributed by atoms with Crippen LogP contribution in [0.1, 0.15) is 0 Å². The predicted molar refractivity (Wildman–Crippen MR) is 125 cm³/mol. The first-order valence-corrected chi connectivity index (χ1v) is 11.5. The molecule has 0 fully saturated rings. The quantitative estimate of drug-likeness (QED) is 0.422. The molecule has 0 saturated heterocycles. The van der Waals surface area contributed by atoms with E-state index in [1.54, 1.807) is 37.7 Å². The molecule has 4 rings (SSSR count). The smallest absolute Gasteiger partial charge is 0.229 e. The fourth-order valence-electron chi connectivity index (χ4n) is 3.20. The summed E-state index contributed by atoms with van der Waals surface area (Å²) >= 11 is 6.25. The molecule has 2 aromatic heterocycles. The molecule has 0 aliphatic heterocycles. The first-order valence-electron chi connectivity index (χ1n) is 9.25. The second kappa shape index (κ2) is 8.41. The summed E-state index contributed by atoms with van der Waals surface area (Å²) in [5.74, 6) is 0.601. The summed E-state index contributed by atoms with van der Waals surface area (Å²) in [5, 5.41) is 4.78. The Morgan fingerprint density at radius 3 is 2.55 bits per heavy atom. The maximum atomic E-state index is 11.5. The van der Waals surface area contributed by atoms with Gasteiger partial charge in [0.05, 0.1) is 35.8 Å². The van der Waals surface area contributed by atoms with Crippen LogP contribution in [0.4, 0.5) is 17.1 Å². The molecular formula is C22H19ClN4O3S. The Kier molecular flexibility index (Phi) is 5.67. The number of hydrogen-bond donors (Lipinski definition) is 2. The summed E-state index contributed by atoms with van der Waals surface area (Å²) in [4.78, 5) is 8.59. The summed E-state index contributed by atoms with van der Waals surface area (Å²) in [6, 6.07) is 14.9. The number of halogens is 1. The predicted octanol–water partition coefficient (Wildman–Crippen LogP) is 5.07. The van der Waals surface area contributed by atoms with Crippen molar-refractivity contribution in [3.8, 4) is 16.9 Å². The van der Waals surface area contributed by atoms with Gasteiger partial charge in [0.2, 0.25) is 10.0 Å². The van der Waals surface area contributed by atoms with Crippen molar-refractivity contribution in [1.82, 2.24) is 9.97 Å². The monoisotopic (exact) mass is 454 g/mol. The van der Waals surface area contributed by atoms with Gasteiger partial charge in [-0.2, -0.15) is 0 Å². The van der Waals surface area contributed by atoms with Crippen LogP contribution < -0.4 is 14.8 Å². The lowest BCUT2D eigenvalue weighted by molar-refractivity contribution is 0.415. The lowest BCUT2D eigenvalue weighted by atomic mass is 10.0. The molecule has 2 heterocycles. The number of nitrogens with one attached hydrogen (secondary N) is 2. The molecule has 0 aliphatic carbocycles. The lowest BCUT2D eigenvalue weighted by Crippen LogP contribution is -2.09. The summed E-state index contributed by atoms with van der Waals surface area (Å²) in [6.07, 6.45) is 5.98. The highest BCUT2D eigenvalue weighted by Gasteiger charge is 2.09. The van der Waals surface area contributed by atoms with Crippen LogP contribution in [0.15, 0.2) is 67.1 Å². The molecule has 9 heteroatoms. The van der Waals surface area contributed by atoms with Crippen LogP contribution in [0.25, 0.3) is 22.0 Å². The Hall–Kier alpha value is -3.36. The molecule has 0 radical (unpaired) electrons. The van der Waals surface area contributed by atoms with Gasteiger partial charge in [-0.25, -0.2) is 8.42 Å². The van der Waals surface area contributed by atoms with Crippen LogP contribution in [0.2, 0.25) is 5.02 Å². The van der Waals surface area contributed by atoms with Crippen molar-refractivity contribution in [3.05, 3.63) is 72.1 Å². The number of sulfonamides is 1. The second-order valence-corrected chi connectivity index (χ2v) is 9.06. The second-order valence-electron chi connectivity index (χ2n) is 6.90. The number of anilines is 3. The Morgan fingerprint density at radius 1 is 0.968 bits per heavy atom. The third-order valence-electron chi connectivity index (χ3n) is 4.55. The molecule has 31 heavy (non-hydrogen) atoms. The van der Waals surface area contributed by atoms with E-state index in [1.165, 1.54) is 6.20 Å². The van der Waals surface area contributed by atoms with Crippen molar-refractivity contribution in [2.75, 3.05) is 23.4 Å². The van der Waals surface area contributed by atoms with E-state index in [1.807, 2.05) is 30.3 Å². The number of nitrogens with zero attached hydrogens (tertiary/aromatic N) is 2. The molecule has 0 unspecified atom stereocenters. The molecule has 0 saturated carbocycles. The molecule has 158 valence electrons. The van der Waals surface area contributed by atoms with Gasteiger partial charge in [-0.1, -0.05) is 17.7 Å². The number of ether oxygens (including phenoxy) is 1. The van der Waals surface area contributed by atoms with Gasteiger partial charge >= 0.3 is 0 Å². The zero-order chi connectivity index (χ0) is 22.0. The van der Waals surface area contributed by atoms with Crippen molar-refractivity contribution < 1.29 is 13.2 Å². The fourth-order valence-corrected chi connectivity index (χ4v) is 4.00. The molecule has 2 aromatic carbocycles. The molecule has 7 nitrogen and oxygen atoms in total. The van der Waals surface area contributed by atoms with E-state index in [0.717, 1.165) is 39.7 Å². The van der Waals surface area contributed by atoms with Crippen LogP contribution in [-0.2, 0) is 10.0 Å². The normalized spacial score (nSPS) is 11.3. The highest BCUT2D eigenvalue weighted by molar-refractivity contribution is 7.92. The Morgan fingerprint density at radius 2 is 1.81 bits per heavy atom. The molecule has 0 amide bonds. The number of rotatable bonds is 6. The number of aromatic nitrogens is 2. The number of fused-ring (bicyclic) bond motifs is 1. The van der Waals surface area contributed by atoms with E-state index in [9.17, 15) is 8.42 Å². The Labute approximate surface area is 185 Å². The minimum absolute atomic E-state index is 0.400. The molecular weight excluding hydrogens is 436 g/mol. The summed E-state index contributed by atoms with van der Waals surface area (Å²) in [6.45, 7) is 0. The zero-order valence-electron chi connectivity index (χ0n) is 16.8. The first-order chi connectivity index (χ1) is 14.8. The largest absolute Gasteiger partial charge is 0.495 e. The van der Waals surface area contributed by atoms with E-state index in [0.29, 0.717) is 16.5 Å². The van der Waals surface area contributed by atoms with Gasteiger partial charge < -0.3 is 10.1 Å². The van der Waals surface area contributed by atoms with Gasteiger partial charge in [0, 0.05) is 34.7 Å². The SMILES string of the molecule is COc1ccc(Nc2ccnc3ccc(-c4cncc(NS(C)(=O)=O)c4)cc23)cc1Cl. The van der Waals surface area contributed by atoms with Crippen molar-refractivity contribution in [3.63, 3.8) is 0 Å². The van der Waals surface area contributed by atoms with Gasteiger partial charge in [0.25, 0.3) is 0 Å². The number of benzene rings is 2. The third kappa shape index (κ3) is 4.87. The van der Waals surface area contributed by atoms with Crippen LogP contribution in [0.3, 0.4) is 0 Å². The maximum Gasteiger partial charge on any atom is 0.229 e. The van der Waals surface area contributed by atoms with Crippen molar-refractivity contribution in [1.29, 1.82) is 0 Å². The summed E-state index contributed by atoms with van der Waals surface area (Å²) in [5.41, 5.74) is 4.53. The van der Waals surface area contributed by atoms with Crippen LogP contribution >= 0.6 is 11.6 Å². The minimum Gasteiger partial charge on any atom is -0.495 e. The van der Waals surface area contributed by atoms with Gasteiger partial charge in [0.1, 0.15) is 5.75 Å².